The van der Waals surface area contributed by atoms with Crippen LogP contribution in [0.3, 0.4) is 0 Å². The predicted octanol–water partition coefficient (Wildman–Crippen LogP) is 4.34. The van der Waals surface area contributed by atoms with Gasteiger partial charge in [0, 0.05) is 36.6 Å². The number of hydrogen-bond donors (Lipinski definition) is 2. The van der Waals surface area contributed by atoms with Crippen LogP contribution in [-0.4, -0.2) is 40.3 Å². The van der Waals surface area contributed by atoms with Crippen molar-refractivity contribution in [3.63, 3.8) is 0 Å². The number of fused-ring (bicyclic) bond motifs is 1. The Morgan fingerprint density at radius 2 is 1.79 bits per heavy atom. The van der Waals surface area contributed by atoms with Crippen LogP contribution in [0, 0.1) is 13.8 Å². The van der Waals surface area contributed by atoms with Crippen molar-refractivity contribution < 1.29 is 14.9 Å². The molecule has 2 aliphatic rings. The second-order valence-electron chi connectivity index (χ2n) is 8.35. The average Bonchev–Trinajstić information content (AvgIpc) is 2.66. The molecule has 0 bridgehead atoms. The van der Waals surface area contributed by atoms with Gasteiger partial charge in [-0.3, -0.25) is 0 Å². The van der Waals surface area contributed by atoms with Crippen LogP contribution in [0.2, 0.25) is 5.02 Å². The van der Waals surface area contributed by atoms with E-state index in [2.05, 4.69) is 30.9 Å². The lowest BCUT2D eigenvalue weighted by molar-refractivity contribution is -0.0588. The zero-order valence-electron chi connectivity index (χ0n) is 16.5. The molecule has 4 nitrogen and oxygen atoms in total. The Morgan fingerprint density at radius 3 is 2.46 bits per heavy atom. The molecule has 2 aliphatic heterocycles. The smallest absolute Gasteiger partial charge is 0.126 e. The quantitative estimate of drug-likeness (QED) is 0.803. The number of aryl methyl sites for hydroxylation is 2. The number of β-amino-alcohol motifs (C(OH)–C–C–N with tert-alkyl or cyclic N) is 1. The number of aliphatic hydroxyl groups is 2. The highest BCUT2D eigenvalue weighted by atomic mass is 35.5. The molecule has 1 fully saturated rings. The van der Waals surface area contributed by atoms with E-state index in [9.17, 15) is 10.2 Å². The van der Waals surface area contributed by atoms with Crippen LogP contribution in [0.1, 0.15) is 53.7 Å². The van der Waals surface area contributed by atoms with Crippen LogP contribution in [0.4, 0.5) is 0 Å². The lowest BCUT2D eigenvalue weighted by Crippen LogP contribution is -2.51. The third-order valence-electron chi connectivity index (χ3n) is 6.33. The molecule has 0 radical (unpaired) electrons. The molecule has 0 amide bonds. The summed E-state index contributed by atoms with van der Waals surface area (Å²) in [5, 5.41) is 21.9. The molecule has 150 valence electrons. The highest BCUT2D eigenvalue weighted by Crippen LogP contribution is 2.45. The van der Waals surface area contributed by atoms with Crippen molar-refractivity contribution >= 4 is 11.6 Å². The van der Waals surface area contributed by atoms with Crippen LogP contribution in [0.25, 0.3) is 0 Å². The molecule has 4 rings (SSSR count). The SMILES string of the molecule is Cc1cc2c(cc1C)C(O)CC1(CCN(CC(O)c3ccc(Cl)cc3)CC1)O2. The molecule has 1 spiro atoms. The Morgan fingerprint density at radius 1 is 1.14 bits per heavy atom. The molecular formula is C23H28ClNO3. The van der Waals surface area contributed by atoms with E-state index in [1.165, 1.54) is 11.1 Å². The average molecular weight is 402 g/mol. The number of halogens is 1. The first kappa shape index (κ1) is 19.7. The van der Waals surface area contributed by atoms with Crippen LogP contribution >= 0.6 is 11.6 Å². The molecule has 2 aromatic carbocycles. The van der Waals surface area contributed by atoms with Crippen LogP contribution < -0.4 is 4.74 Å². The second kappa shape index (κ2) is 7.68. The largest absolute Gasteiger partial charge is 0.487 e. The summed E-state index contributed by atoms with van der Waals surface area (Å²) in [6.45, 7) is 6.43. The van der Waals surface area contributed by atoms with Gasteiger partial charge in [-0.15, -0.1) is 0 Å². The van der Waals surface area contributed by atoms with E-state index < -0.39 is 12.2 Å². The molecule has 1 saturated heterocycles. The highest BCUT2D eigenvalue weighted by molar-refractivity contribution is 6.30. The Balaban J connectivity index is 1.41. The monoisotopic (exact) mass is 401 g/mol. The van der Waals surface area contributed by atoms with Gasteiger partial charge >= 0.3 is 0 Å². The summed E-state index contributed by atoms with van der Waals surface area (Å²) in [5.41, 5.74) is 3.86. The fourth-order valence-corrected chi connectivity index (χ4v) is 4.51. The molecule has 28 heavy (non-hydrogen) atoms. The summed E-state index contributed by atoms with van der Waals surface area (Å²) in [6.07, 6.45) is 1.33. The minimum absolute atomic E-state index is 0.310. The van der Waals surface area contributed by atoms with E-state index in [1.54, 1.807) is 0 Å². The van der Waals surface area contributed by atoms with E-state index in [1.807, 2.05) is 24.3 Å². The van der Waals surface area contributed by atoms with Crippen LogP contribution in [0.5, 0.6) is 5.75 Å². The van der Waals surface area contributed by atoms with E-state index in [4.69, 9.17) is 16.3 Å². The first-order chi connectivity index (χ1) is 13.3. The van der Waals surface area contributed by atoms with Gasteiger partial charge in [-0.1, -0.05) is 23.7 Å². The molecule has 2 heterocycles. The molecule has 2 N–H and O–H groups in total. The number of nitrogens with zero attached hydrogens (tertiary/aromatic N) is 1. The Hall–Kier alpha value is -1.59. The number of rotatable bonds is 3. The van der Waals surface area contributed by atoms with Gasteiger partial charge in [-0.2, -0.15) is 0 Å². The maximum atomic E-state index is 10.7. The molecule has 0 aliphatic carbocycles. The molecule has 5 heteroatoms. The third-order valence-corrected chi connectivity index (χ3v) is 6.58. The summed E-state index contributed by atoms with van der Waals surface area (Å²) in [4.78, 5) is 2.27. The van der Waals surface area contributed by atoms with Crippen molar-refractivity contribution in [2.24, 2.45) is 0 Å². The normalized spacial score (nSPS) is 22.5. The maximum absolute atomic E-state index is 10.7. The Labute approximate surface area is 171 Å². The summed E-state index contributed by atoms with van der Waals surface area (Å²) >= 11 is 5.93. The van der Waals surface area contributed by atoms with Crippen molar-refractivity contribution in [1.29, 1.82) is 0 Å². The minimum Gasteiger partial charge on any atom is -0.487 e. The van der Waals surface area contributed by atoms with E-state index in [0.29, 0.717) is 18.0 Å². The van der Waals surface area contributed by atoms with Gasteiger partial charge in [0.05, 0.1) is 12.2 Å². The maximum Gasteiger partial charge on any atom is 0.126 e. The molecular weight excluding hydrogens is 374 g/mol. The number of likely N-dealkylation sites (tertiary alicyclic amines) is 1. The summed E-state index contributed by atoms with van der Waals surface area (Å²) < 4.78 is 6.45. The number of piperidine rings is 1. The topological polar surface area (TPSA) is 52.9 Å². The van der Waals surface area contributed by atoms with Crippen LogP contribution in [0.15, 0.2) is 36.4 Å². The molecule has 0 saturated carbocycles. The predicted molar refractivity (Wildman–Crippen MR) is 111 cm³/mol. The van der Waals surface area contributed by atoms with Gasteiger partial charge in [0.25, 0.3) is 0 Å². The van der Waals surface area contributed by atoms with Gasteiger partial charge in [-0.05, 0) is 67.6 Å². The molecule has 2 unspecified atom stereocenters. The summed E-state index contributed by atoms with van der Waals surface area (Å²) in [6, 6.07) is 11.5. The molecule has 2 aromatic rings. The number of hydrogen-bond acceptors (Lipinski definition) is 4. The highest BCUT2D eigenvalue weighted by Gasteiger charge is 2.43. The second-order valence-corrected chi connectivity index (χ2v) is 8.78. The lowest BCUT2D eigenvalue weighted by Gasteiger charge is -2.46. The number of benzene rings is 2. The summed E-state index contributed by atoms with van der Waals surface area (Å²) in [5.74, 6) is 0.830. The van der Waals surface area contributed by atoms with Crippen molar-refractivity contribution in [3.8, 4) is 5.75 Å². The van der Waals surface area contributed by atoms with E-state index >= 15 is 0 Å². The van der Waals surface area contributed by atoms with Gasteiger partial charge in [0.15, 0.2) is 0 Å². The fraction of sp³-hybridized carbons (Fsp3) is 0.478. The van der Waals surface area contributed by atoms with Crippen LogP contribution in [-0.2, 0) is 0 Å². The molecule has 0 aromatic heterocycles. The Kier molecular flexibility index (Phi) is 5.41. The first-order valence-corrected chi connectivity index (χ1v) is 10.4. The number of aliphatic hydroxyl groups excluding tert-OH is 2. The third kappa shape index (κ3) is 3.92. The van der Waals surface area contributed by atoms with Gasteiger partial charge in [0.1, 0.15) is 11.4 Å². The first-order valence-electron chi connectivity index (χ1n) is 9.99. The van der Waals surface area contributed by atoms with Crippen molar-refractivity contribution in [2.45, 2.75) is 50.9 Å². The van der Waals surface area contributed by atoms with Crippen molar-refractivity contribution in [1.82, 2.24) is 4.90 Å². The lowest BCUT2D eigenvalue weighted by atomic mass is 9.81. The van der Waals surface area contributed by atoms with Gasteiger partial charge in [0.2, 0.25) is 0 Å². The minimum atomic E-state index is -0.532. The van der Waals surface area contributed by atoms with Gasteiger partial charge < -0.3 is 19.8 Å². The standard InChI is InChI=1S/C23H28ClNO3/c1-15-11-19-20(26)13-23(28-22(19)12-16(15)2)7-9-25(10-8-23)14-21(27)17-3-5-18(24)6-4-17/h3-6,11-12,20-21,26-27H,7-10,13-14H2,1-2H3. The Bertz CT molecular complexity index is 844. The van der Waals surface area contributed by atoms with E-state index in [-0.39, 0.29) is 5.60 Å². The van der Waals surface area contributed by atoms with E-state index in [0.717, 1.165) is 42.8 Å². The van der Waals surface area contributed by atoms with Crippen molar-refractivity contribution in [3.05, 3.63) is 63.7 Å². The zero-order chi connectivity index (χ0) is 19.9. The number of ether oxygens (including phenoxy) is 1. The fourth-order valence-electron chi connectivity index (χ4n) is 4.38. The van der Waals surface area contributed by atoms with Gasteiger partial charge in [-0.25, -0.2) is 0 Å². The molecule has 2 atom stereocenters. The zero-order valence-corrected chi connectivity index (χ0v) is 17.2. The van der Waals surface area contributed by atoms with Crippen molar-refractivity contribution in [2.75, 3.05) is 19.6 Å². The summed E-state index contributed by atoms with van der Waals surface area (Å²) in [7, 11) is 0.